The molecule has 27 heavy (non-hydrogen) atoms. The summed E-state index contributed by atoms with van der Waals surface area (Å²) in [7, 11) is 1.24. The van der Waals surface area contributed by atoms with Crippen molar-refractivity contribution >= 4 is 29.2 Å². The van der Waals surface area contributed by atoms with Crippen LogP contribution in [0.1, 0.15) is 20.7 Å². The van der Waals surface area contributed by atoms with E-state index in [4.69, 9.17) is 5.11 Å². The van der Waals surface area contributed by atoms with Gasteiger partial charge in [-0.05, 0) is 30.3 Å². The van der Waals surface area contributed by atoms with Crippen molar-refractivity contribution in [1.29, 1.82) is 5.26 Å². The van der Waals surface area contributed by atoms with E-state index < -0.39 is 17.8 Å². The van der Waals surface area contributed by atoms with E-state index in [-0.39, 0.29) is 22.4 Å². The van der Waals surface area contributed by atoms with Gasteiger partial charge in [-0.25, -0.2) is 9.59 Å². The number of amides is 1. The van der Waals surface area contributed by atoms with Gasteiger partial charge in [0.25, 0.3) is 5.91 Å². The number of aromatic carboxylic acids is 1. The zero-order valence-electron chi connectivity index (χ0n) is 14.2. The van der Waals surface area contributed by atoms with E-state index in [1.54, 1.807) is 24.3 Å². The lowest BCUT2D eigenvalue weighted by Gasteiger charge is -2.08. The summed E-state index contributed by atoms with van der Waals surface area (Å²) in [6.45, 7) is 0. The highest BCUT2D eigenvalue weighted by molar-refractivity contribution is 6.07. The van der Waals surface area contributed by atoms with Gasteiger partial charge in [0.1, 0.15) is 11.6 Å². The number of rotatable bonds is 6. The molecule has 136 valence electrons. The number of carboxylic acids is 1. The molecule has 8 heteroatoms. The summed E-state index contributed by atoms with van der Waals surface area (Å²) in [6, 6.07) is 13.8. The van der Waals surface area contributed by atoms with Crippen molar-refractivity contribution in [3.05, 3.63) is 71.4 Å². The van der Waals surface area contributed by atoms with Crippen LogP contribution in [-0.2, 0) is 9.53 Å². The average molecular weight is 365 g/mol. The maximum Gasteiger partial charge on any atom is 0.339 e. The molecule has 2 rings (SSSR count). The van der Waals surface area contributed by atoms with Crippen LogP contribution in [0.25, 0.3) is 0 Å². The van der Waals surface area contributed by atoms with Crippen LogP contribution in [0.5, 0.6) is 0 Å². The summed E-state index contributed by atoms with van der Waals surface area (Å²) in [5.74, 6) is -2.44. The third-order valence-corrected chi connectivity index (χ3v) is 3.44. The number of nitrogens with one attached hydrogen (secondary N) is 2. The number of hydrogen-bond acceptors (Lipinski definition) is 6. The molecule has 0 radical (unpaired) electrons. The predicted octanol–water partition coefficient (Wildman–Crippen LogP) is 2.63. The van der Waals surface area contributed by atoms with Gasteiger partial charge in [-0.2, -0.15) is 5.26 Å². The Kier molecular flexibility index (Phi) is 6.28. The minimum atomic E-state index is -1.14. The lowest BCUT2D eigenvalue weighted by molar-refractivity contribution is -0.112. The Morgan fingerprint density at radius 3 is 2.56 bits per heavy atom. The van der Waals surface area contributed by atoms with Crippen LogP contribution in [0.2, 0.25) is 0 Å². The number of nitriles is 1. The molecule has 0 saturated heterocycles. The molecule has 0 aromatic heterocycles. The summed E-state index contributed by atoms with van der Waals surface area (Å²) in [5, 5.41) is 23.4. The van der Waals surface area contributed by atoms with E-state index in [1.807, 2.05) is 0 Å². The zero-order valence-corrected chi connectivity index (χ0v) is 14.2. The van der Waals surface area contributed by atoms with E-state index in [2.05, 4.69) is 15.4 Å². The molecule has 0 bridgehead atoms. The molecule has 2 aromatic carbocycles. The van der Waals surface area contributed by atoms with Gasteiger partial charge in [-0.15, -0.1) is 0 Å². The quantitative estimate of drug-likeness (QED) is 0.408. The van der Waals surface area contributed by atoms with Crippen molar-refractivity contribution < 1.29 is 24.2 Å². The summed E-state index contributed by atoms with van der Waals surface area (Å²) in [5.41, 5.74) is 0.563. The number of carbonyl (C=O) groups excluding carboxylic acids is 2. The van der Waals surface area contributed by atoms with Crippen LogP contribution >= 0.6 is 0 Å². The van der Waals surface area contributed by atoms with E-state index in [0.717, 1.165) is 6.20 Å². The minimum Gasteiger partial charge on any atom is -0.478 e. The number of hydrogen-bond donors (Lipinski definition) is 3. The van der Waals surface area contributed by atoms with Crippen molar-refractivity contribution in [1.82, 2.24) is 0 Å². The topological polar surface area (TPSA) is 129 Å². The molecule has 0 aliphatic rings. The first-order valence-electron chi connectivity index (χ1n) is 7.65. The van der Waals surface area contributed by atoms with Crippen molar-refractivity contribution in [3.63, 3.8) is 0 Å². The number of ether oxygens (including phenoxy) is 1. The fourth-order valence-electron chi connectivity index (χ4n) is 2.12. The Labute approximate surface area is 154 Å². The van der Waals surface area contributed by atoms with Crippen molar-refractivity contribution in [2.45, 2.75) is 0 Å². The second-order valence-corrected chi connectivity index (χ2v) is 5.19. The molecule has 0 aliphatic carbocycles. The molecular formula is C19H15N3O5. The molecule has 0 aliphatic heterocycles. The zero-order chi connectivity index (χ0) is 19.8. The first-order valence-corrected chi connectivity index (χ1v) is 7.65. The molecule has 8 nitrogen and oxygen atoms in total. The Morgan fingerprint density at radius 1 is 1.15 bits per heavy atom. The first kappa shape index (κ1) is 19.2. The highest BCUT2D eigenvalue weighted by Gasteiger charge is 2.13. The first-order chi connectivity index (χ1) is 13.0. The molecule has 3 N–H and O–H groups in total. The molecule has 0 spiro atoms. The number of carboxylic acid groups (broad SMARTS) is 1. The Bertz CT molecular complexity index is 960. The second kappa shape index (κ2) is 8.82. The smallest absolute Gasteiger partial charge is 0.339 e. The number of para-hydroxylation sites is 1. The van der Waals surface area contributed by atoms with E-state index in [0.29, 0.717) is 5.69 Å². The third-order valence-electron chi connectivity index (χ3n) is 3.44. The Hall–Kier alpha value is -4.12. The summed E-state index contributed by atoms with van der Waals surface area (Å²) < 4.78 is 4.68. The number of benzene rings is 2. The fourth-order valence-corrected chi connectivity index (χ4v) is 2.12. The molecule has 0 atom stereocenters. The van der Waals surface area contributed by atoms with Gasteiger partial charge in [0.15, 0.2) is 0 Å². The highest BCUT2D eigenvalue weighted by atomic mass is 16.5. The van der Waals surface area contributed by atoms with Gasteiger partial charge in [-0.1, -0.05) is 18.2 Å². The number of esters is 1. The van der Waals surface area contributed by atoms with Gasteiger partial charge in [0.2, 0.25) is 0 Å². The maximum absolute atomic E-state index is 12.2. The highest BCUT2D eigenvalue weighted by Crippen LogP contribution is 2.17. The Balaban J connectivity index is 2.18. The molecule has 0 saturated carbocycles. The van der Waals surface area contributed by atoms with E-state index in [9.17, 15) is 19.6 Å². The lowest BCUT2D eigenvalue weighted by atomic mass is 10.1. The molecule has 0 heterocycles. The van der Waals surface area contributed by atoms with Crippen molar-refractivity contribution in [2.24, 2.45) is 0 Å². The van der Waals surface area contributed by atoms with E-state index in [1.165, 1.54) is 37.4 Å². The average Bonchev–Trinajstić information content (AvgIpc) is 2.68. The molecule has 1 amide bonds. The maximum atomic E-state index is 12.2. The number of anilines is 2. The van der Waals surface area contributed by atoms with Crippen LogP contribution in [0.15, 0.2) is 60.3 Å². The molecule has 0 fully saturated rings. The monoisotopic (exact) mass is 365 g/mol. The lowest BCUT2D eigenvalue weighted by Crippen LogP contribution is -2.15. The van der Waals surface area contributed by atoms with Crippen LogP contribution in [-0.4, -0.2) is 30.1 Å². The van der Waals surface area contributed by atoms with E-state index >= 15 is 0 Å². The van der Waals surface area contributed by atoms with Gasteiger partial charge in [0.05, 0.1) is 23.9 Å². The summed E-state index contributed by atoms with van der Waals surface area (Å²) >= 11 is 0. The van der Waals surface area contributed by atoms with Gasteiger partial charge < -0.3 is 20.5 Å². The summed E-state index contributed by atoms with van der Waals surface area (Å²) in [4.78, 5) is 35.0. The van der Waals surface area contributed by atoms with Crippen molar-refractivity contribution in [2.75, 3.05) is 17.7 Å². The third kappa shape index (κ3) is 4.93. The van der Waals surface area contributed by atoms with Gasteiger partial charge >= 0.3 is 11.9 Å². The van der Waals surface area contributed by atoms with Crippen molar-refractivity contribution in [3.8, 4) is 6.07 Å². The fraction of sp³-hybridized carbons (Fsp3) is 0.0526. The largest absolute Gasteiger partial charge is 0.478 e. The number of methoxy groups -OCH3 is 1. The molecule has 2 aromatic rings. The number of carbonyl (C=O) groups is 3. The van der Waals surface area contributed by atoms with Gasteiger partial charge in [-0.3, -0.25) is 4.79 Å². The Morgan fingerprint density at radius 2 is 1.89 bits per heavy atom. The normalized spacial score (nSPS) is 10.4. The molecular weight excluding hydrogens is 350 g/mol. The van der Waals surface area contributed by atoms with Crippen LogP contribution in [0, 0.1) is 11.3 Å². The van der Waals surface area contributed by atoms with Gasteiger partial charge in [0, 0.05) is 11.9 Å². The number of nitrogens with zero attached hydrogens (tertiary/aromatic N) is 1. The predicted molar refractivity (Wildman–Crippen MR) is 97.1 cm³/mol. The second-order valence-electron chi connectivity index (χ2n) is 5.19. The van der Waals surface area contributed by atoms with Crippen LogP contribution < -0.4 is 10.6 Å². The summed E-state index contributed by atoms with van der Waals surface area (Å²) in [6.07, 6.45) is 1.15. The minimum absolute atomic E-state index is 0.000387. The molecule has 0 unspecified atom stereocenters. The van der Waals surface area contributed by atoms with Crippen LogP contribution in [0.4, 0.5) is 11.4 Å². The standard InChI is InChI=1S/C19H15N3O5/c1-27-19(26)15-7-2-3-8-16(15)21-11-13(10-20)17(23)22-14-6-4-5-12(9-14)18(24)25/h2-9,11,21H,1H3,(H,22,23)(H,24,25)/b13-11-. The SMILES string of the molecule is COC(=O)c1ccccc1N/C=C(/C#N)C(=O)Nc1cccc(C(=O)O)c1. The van der Waals surface area contributed by atoms with Crippen LogP contribution in [0.3, 0.4) is 0 Å².